The summed E-state index contributed by atoms with van der Waals surface area (Å²) in [4.78, 5) is 0. The molecule has 0 amide bonds. The molecule has 0 aromatic carbocycles. The number of allylic oxidation sites excluding steroid dienone is 2. The zero-order valence-corrected chi connectivity index (χ0v) is 12.2. The van der Waals surface area contributed by atoms with Crippen LogP contribution < -0.4 is 0 Å². The van der Waals surface area contributed by atoms with E-state index >= 15 is 0 Å². The molecule has 0 aromatic rings. The lowest BCUT2D eigenvalue weighted by molar-refractivity contribution is 0.304. The lowest BCUT2D eigenvalue weighted by Gasteiger charge is -2.12. The number of hydrogen-bond donors (Lipinski definition) is 1. The van der Waals surface area contributed by atoms with Crippen LogP contribution in [0.4, 0.5) is 0 Å². The maximum absolute atomic E-state index is 11.2. The Kier molecular flexibility index (Phi) is 7.24. The van der Waals surface area contributed by atoms with Crippen molar-refractivity contribution in [2.45, 2.75) is 19.8 Å². The molecule has 1 unspecified atom stereocenters. The van der Waals surface area contributed by atoms with E-state index in [4.69, 9.17) is 9.08 Å². The van der Waals surface area contributed by atoms with E-state index < -0.39 is 17.5 Å². The van der Waals surface area contributed by atoms with E-state index in [2.05, 4.69) is 0 Å². The third kappa shape index (κ3) is 12.1. The van der Waals surface area contributed by atoms with Gasteiger partial charge in [0.25, 0.3) is 10.1 Å². The van der Waals surface area contributed by atoms with Crippen molar-refractivity contribution in [3.63, 3.8) is 0 Å². The molecule has 0 aliphatic heterocycles. The Morgan fingerprint density at radius 1 is 1.41 bits per heavy atom. The van der Waals surface area contributed by atoms with Crippen molar-refractivity contribution >= 4 is 17.5 Å². The molecule has 0 saturated heterocycles. The van der Waals surface area contributed by atoms with Crippen molar-refractivity contribution in [3.05, 3.63) is 12.2 Å². The van der Waals surface area contributed by atoms with Gasteiger partial charge in [-0.1, -0.05) is 12.2 Å². The molecule has 0 aliphatic carbocycles. The first kappa shape index (κ1) is 16.8. The van der Waals surface area contributed by atoms with Gasteiger partial charge in [0.2, 0.25) is 0 Å². The Morgan fingerprint density at radius 2 is 2.00 bits per heavy atom. The molecule has 0 radical (unpaired) electrons. The van der Waals surface area contributed by atoms with Crippen LogP contribution in [0.1, 0.15) is 19.8 Å². The molecule has 0 rings (SSSR count). The van der Waals surface area contributed by atoms with Crippen molar-refractivity contribution in [3.8, 4) is 0 Å². The molecule has 5 nitrogen and oxygen atoms in total. The van der Waals surface area contributed by atoms with E-state index in [0.717, 1.165) is 0 Å². The topological polar surface area (TPSA) is 80.7 Å². The van der Waals surface area contributed by atoms with Gasteiger partial charge in [-0.3, -0.25) is 9.12 Å². The first-order valence-electron chi connectivity index (χ1n) is 5.41. The fourth-order valence-corrected chi connectivity index (χ4v) is 2.80. The highest BCUT2D eigenvalue weighted by molar-refractivity contribution is 7.85. The summed E-state index contributed by atoms with van der Waals surface area (Å²) in [5.41, 5.74) is 0. The lowest BCUT2D eigenvalue weighted by Crippen LogP contribution is -2.14. The Bertz CT molecular complexity index is 382. The molecule has 0 bridgehead atoms. The zero-order chi connectivity index (χ0) is 13.5. The molecule has 0 saturated carbocycles. The maximum Gasteiger partial charge on any atom is 0.265 e. The molecular weight excluding hydrogens is 263 g/mol. The van der Waals surface area contributed by atoms with Crippen molar-refractivity contribution < 1.29 is 22.1 Å². The van der Waals surface area contributed by atoms with Gasteiger partial charge in [-0.05, 0) is 25.7 Å². The summed E-state index contributed by atoms with van der Waals surface area (Å²) in [6, 6.07) is 0. The Balaban J connectivity index is 4.07. The highest BCUT2D eigenvalue weighted by Crippen LogP contribution is 2.37. The van der Waals surface area contributed by atoms with Crippen LogP contribution >= 0.6 is 7.37 Å². The predicted octanol–water partition coefficient (Wildman–Crippen LogP) is 2.40. The molecule has 0 aromatic heterocycles. The molecule has 102 valence electrons. The standard InChI is InChI=1S/C10H21O5PS/c1-4-6-10(9-17(12,13)14)7-5-8-15-16(2,3)11/h4,6,10H,5,7-9H2,1-3H3,(H,12,13,14). The van der Waals surface area contributed by atoms with Crippen LogP contribution in [0.3, 0.4) is 0 Å². The second-order valence-electron chi connectivity index (χ2n) is 4.26. The van der Waals surface area contributed by atoms with Gasteiger partial charge in [0.1, 0.15) is 0 Å². The summed E-state index contributed by atoms with van der Waals surface area (Å²) in [6.45, 7) is 5.20. The summed E-state index contributed by atoms with van der Waals surface area (Å²) >= 11 is 0. The van der Waals surface area contributed by atoms with E-state index in [1.807, 2.05) is 0 Å². The van der Waals surface area contributed by atoms with Crippen LogP contribution in [0.2, 0.25) is 0 Å². The van der Waals surface area contributed by atoms with Gasteiger partial charge in [-0.25, -0.2) is 0 Å². The van der Waals surface area contributed by atoms with Crippen LogP contribution in [0.5, 0.6) is 0 Å². The van der Waals surface area contributed by atoms with Gasteiger partial charge in [-0.15, -0.1) is 0 Å². The second kappa shape index (κ2) is 7.31. The largest absolute Gasteiger partial charge is 0.329 e. The second-order valence-corrected chi connectivity index (χ2v) is 8.52. The monoisotopic (exact) mass is 284 g/mol. The summed E-state index contributed by atoms with van der Waals surface area (Å²) in [5, 5.41) is 0. The fraction of sp³-hybridized carbons (Fsp3) is 0.800. The van der Waals surface area contributed by atoms with E-state index in [1.165, 1.54) is 13.3 Å². The molecule has 0 spiro atoms. The molecular formula is C10H21O5PS. The minimum Gasteiger partial charge on any atom is -0.329 e. The molecule has 17 heavy (non-hydrogen) atoms. The van der Waals surface area contributed by atoms with E-state index in [-0.39, 0.29) is 11.7 Å². The third-order valence-electron chi connectivity index (χ3n) is 2.01. The quantitative estimate of drug-likeness (QED) is 0.320. The smallest absolute Gasteiger partial charge is 0.265 e. The summed E-state index contributed by atoms with van der Waals surface area (Å²) in [7, 11) is -6.43. The minimum atomic E-state index is -3.96. The Hall–Kier alpha value is -0.160. The fourth-order valence-electron chi connectivity index (χ4n) is 1.41. The first-order valence-corrected chi connectivity index (χ1v) is 9.54. The molecule has 1 N–H and O–H groups in total. The highest BCUT2D eigenvalue weighted by atomic mass is 32.2. The van der Waals surface area contributed by atoms with Crippen molar-refractivity contribution in [2.24, 2.45) is 5.92 Å². The van der Waals surface area contributed by atoms with Crippen LogP contribution in [0.25, 0.3) is 0 Å². The Labute approximate surface area is 103 Å². The van der Waals surface area contributed by atoms with Crippen LogP contribution in [-0.4, -0.2) is 38.7 Å². The Morgan fingerprint density at radius 3 is 2.41 bits per heavy atom. The molecule has 7 heteroatoms. The van der Waals surface area contributed by atoms with Gasteiger partial charge in [0.05, 0.1) is 12.4 Å². The number of rotatable bonds is 8. The average Bonchev–Trinajstić information content (AvgIpc) is 2.08. The van der Waals surface area contributed by atoms with Crippen LogP contribution in [0.15, 0.2) is 12.2 Å². The molecule has 0 fully saturated rings. The van der Waals surface area contributed by atoms with Gasteiger partial charge >= 0.3 is 0 Å². The predicted molar refractivity (Wildman–Crippen MR) is 69.4 cm³/mol. The SMILES string of the molecule is CC=CC(CCCOP(C)(C)=O)CS(=O)(=O)O. The normalized spacial score (nSPS) is 15.3. The summed E-state index contributed by atoms with van der Waals surface area (Å²) in [5.74, 6) is -0.514. The van der Waals surface area contributed by atoms with Crippen molar-refractivity contribution in [2.75, 3.05) is 25.7 Å². The van der Waals surface area contributed by atoms with E-state index in [9.17, 15) is 13.0 Å². The van der Waals surface area contributed by atoms with Crippen LogP contribution in [0, 0.1) is 5.92 Å². The molecule has 0 heterocycles. The minimum absolute atomic E-state index is 0.230. The van der Waals surface area contributed by atoms with E-state index in [1.54, 1.807) is 19.1 Å². The summed E-state index contributed by atoms with van der Waals surface area (Å²) < 4.78 is 46.6. The van der Waals surface area contributed by atoms with Gasteiger partial charge in [-0.2, -0.15) is 8.42 Å². The summed E-state index contributed by atoms with van der Waals surface area (Å²) in [6.07, 6.45) is 4.67. The maximum atomic E-state index is 11.2. The molecule has 0 aliphatic rings. The van der Waals surface area contributed by atoms with Gasteiger partial charge in [0, 0.05) is 13.3 Å². The number of hydrogen-bond acceptors (Lipinski definition) is 4. The molecule has 1 atom stereocenters. The third-order valence-corrected chi connectivity index (χ3v) is 3.66. The van der Waals surface area contributed by atoms with Gasteiger partial charge < -0.3 is 4.52 Å². The highest BCUT2D eigenvalue weighted by Gasteiger charge is 2.14. The van der Waals surface area contributed by atoms with Crippen LogP contribution in [-0.2, 0) is 19.2 Å². The zero-order valence-electron chi connectivity index (χ0n) is 10.5. The van der Waals surface area contributed by atoms with Crippen molar-refractivity contribution in [1.29, 1.82) is 0 Å². The van der Waals surface area contributed by atoms with Crippen molar-refractivity contribution in [1.82, 2.24) is 0 Å². The first-order chi connectivity index (χ1) is 7.64. The lowest BCUT2D eigenvalue weighted by atomic mass is 10.1. The van der Waals surface area contributed by atoms with E-state index in [0.29, 0.717) is 19.4 Å². The average molecular weight is 284 g/mol. The van der Waals surface area contributed by atoms with Gasteiger partial charge in [0.15, 0.2) is 7.37 Å².